The van der Waals surface area contributed by atoms with Gasteiger partial charge in [-0.2, -0.15) is 0 Å². The van der Waals surface area contributed by atoms with Gasteiger partial charge in [0.15, 0.2) is 0 Å². The highest BCUT2D eigenvalue weighted by atomic mass is 16.3. The van der Waals surface area contributed by atoms with E-state index in [4.69, 9.17) is 5.11 Å². The van der Waals surface area contributed by atoms with E-state index in [-0.39, 0.29) is 12.6 Å². The Morgan fingerprint density at radius 1 is 1.38 bits per heavy atom. The van der Waals surface area contributed by atoms with Crippen molar-refractivity contribution in [2.75, 3.05) is 13.7 Å². The standard InChI is InChI=1S/C11H17NO/c1-8-4-5-10(9(2)6-8)11(7-13)12-3/h4-6,11-13H,7H2,1-3H3/t11-/m0/s1. The molecule has 2 heteroatoms. The van der Waals surface area contributed by atoms with E-state index < -0.39 is 0 Å². The number of likely N-dealkylation sites (N-methyl/N-ethyl adjacent to an activating group) is 1. The van der Waals surface area contributed by atoms with Crippen molar-refractivity contribution in [2.45, 2.75) is 19.9 Å². The third kappa shape index (κ3) is 2.29. The van der Waals surface area contributed by atoms with E-state index >= 15 is 0 Å². The summed E-state index contributed by atoms with van der Waals surface area (Å²) < 4.78 is 0. The number of hydrogen-bond acceptors (Lipinski definition) is 2. The molecule has 0 radical (unpaired) electrons. The third-order valence-electron chi connectivity index (χ3n) is 2.33. The predicted octanol–water partition coefficient (Wildman–Crippen LogP) is 1.56. The number of nitrogens with one attached hydrogen (secondary N) is 1. The van der Waals surface area contributed by atoms with Crippen molar-refractivity contribution < 1.29 is 5.11 Å². The van der Waals surface area contributed by atoms with Gasteiger partial charge in [-0.3, -0.25) is 0 Å². The predicted molar refractivity (Wildman–Crippen MR) is 54.8 cm³/mol. The minimum absolute atomic E-state index is 0.0561. The van der Waals surface area contributed by atoms with Crippen molar-refractivity contribution in [3.63, 3.8) is 0 Å². The number of benzene rings is 1. The first-order valence-corrected chi connectivity index (χ1v) is 4.54. The molecule has 1 rings (SSSR count). The second kappa shape index (κ2) is 4.40. The van der Waals surface area contributed by atoms with Gasteiger partial charge in [-0.25, -0.2) is 0 Å². The zero-order valence-electron chi connectivity index (χ0n) is 8.46. The maximum Gasteiger partial charge on any atom is 0.0626 e. The molecule has 0 aromatic heterocycles. The number of hydrogen-bond donors (Lipinski definition) is 2. The molecule has 1 aromatic carbocycles. The van der Waals surface area contributed by atoms with Crippen molar-refractivity contribution in [1.82, 2.24) is 5.32 Å². The monoisotopic (exact) mass is 179 g/mol. The van der Waals surface area contributed by atoms with Gasteiger partial charge in [0.05, 0.1) is 12.6 Å². The fourth-order valence-corrected chi connectivity index (χ4v) is 1.56. The summed E-state index contributed by atoms with van der Waals surface area (Å²) in [5, 5.41) is 12.2. The van der Waals surface area contributed by atoms with Crippen LogP contribution >= 0.6 is 0 Å². The van der Waals surface area contributed by atoms with Crippen LogP contribution in [0.4, 0.5) is 0 Å². The lowest BCUT2D eigenvalue weighted by molar-refractivity contribution is 0.250. The van der Waals surface area contributed by atoms with Crippen molar-refractivity contribution >= 4 is 0 Å². The number of rotatable bonds is 3. The highest BCUT2D eigenvalue weighted by Gasteiger charge is 2.09. The molecule has 0 unspecified atom stereocenters. The first-order valence-electron chi connectivity index (χ1n) is 4.54. The molecular weight excluding hydrogens is 162 g/mol. The van der Waals surface area contributed by atoms with E-state index in [1.165, 1.54) is 16.7 Å². The van der Waals surface area contributed by atoms with Crippen LogP contribution in [0.1, 0.15) is 22.7 Å². The van der Waals surface area contributed by atoms with E-state index in [2.05, 4.69) is 37.4 Å². The quantitative estimate of drug-likeness (QED) is 0.738. The third-order valence-corrected chi connectivity index (χ3v) is 2.33. The van der Waals surface area contributed by atoms with Crippen molar-refractivity contribution in [2.24, 2.45) is 0 Å². The summed E-state index contributed by atoms with van der Waals surface area (Å²) in [7, 11) is 1.86. The van der Waals surface area contributed by atoms with Crippen LogP contribution in [0.15, 0.2) is 18.2 Å². The summed E-state index contributed by atoms with van der Waals surface area (Å²) in [6.45, 7) is 4.28. The summed E-state index contributed by atoms with van der Waals surface area (Å²) in [6, 6.07) is 6.33. The summed E-state index contributed by atoms with van der Waals surface area (Å²) in [4.78, 5) is 0. The molecule has 0 saturated carbocycles. The average molecular weight is 179 g/mol. The zero-order valence-corrected chi connectivity index (χ0v) is 8.46. The van der Waals surface area contributed by atoms with Gasteiger partial charge in [0.1, 0.15) is 0 Å². The van der Waals surface area contributed by atoms with Crippen LogP contribution < -0.4 is 5.32 Å². The maximum absolute atomic E-state index is 9.11. The molecule has 2 nitrogen and oxygen atoms in total. The van der Waals surface area contributed by atoms with E-state index in [1.54, 1.807) is 0 Å². The fourth-order valence-electron chi connectivity index (χ4n) is 1.56. The first-order chi connectivity index (χ1) is 6.19. The lowest BCUT2D eigenvalue weighted by Gasteiger charge is -2.16. The Morgan fingerprint density at radius 2 is 2.08 bits per heavy atom. The smallest absolute Gasteiger partial charge is 0.0626 e. The molecule has 2 N–H and O–H groups in total. The van der Waals surface area contributed by atoms with Crippen molar-refractivity contribution in [1.29, 1.82) is 0 Å². The molecule has 0 fully saturated rings. The van der Waals surface area contributed by atoms with Gasteiger partial charge in [-0.05, 0) is 32.0 Å². The van der Waals surface area contributed by atoms with Crippen LogP contribution in [-0.2, 0) is 0 Å². The molecule has 0 spiro atoms. The summed E-state index contributed by atoms with van der Waals surface area (Å²) in [5.74, 6) is 0. The van der Waals surface area contributed by atoms with Crippen LogP contribution in [-0.4, -0.2) is 18.8 Å². The molecule has 0 amide bonds. The van der Waals surface area contributed by atoms with E-state index in [0.29, 0.717) is 0 Å². The van der Waals surface area contributed by atoms with Gasteiger partial charge >= 0.3 is 0 Å². The topological polar surface area (TPSA) is 32.3 Å². The fraction of sp³-hybridized carbons (Fsp3) is 0.455. The SMILES string of the molecule is CN[C@@H](CO)c1ccc(C)cc1C. The molecule has 0 heterocycles. The minimum atomic E-state index is 0.0561. The zero-order chi connectivity index (χ0) is 9.84. The molecule has 0 bridgehead atoms. The molecule has 0 saturated heterocycles. The minimum Gasteiger partial charge on any atom is -0.394 e. The second-order valence-corrected chi connectivity index (χ2v) is 3.38. The molecular formula is C11H17NO. The molecule has 1 atom stereocenters. The van der Waals surface area contributed by atoms with E-state index in [9.17, 15) is 0 Å². The molecule has 72 valence electrons. The Morgan fingerprint density at radius 3 is 2.54 bits per heavy atom. The van der Waals surface area contributed by atoms with Crippen LogP contribution in [0.25, 0.3) is 0 Å². The van der Waals surface area contributed by atoms with Crippen LogP contribution in [0.2, 0.25) is 0 Å². The Balaban J connectivity index is 2.99. The van der Waals surface area contributed by atoms with Gasteiger partial charge in [0.25, 0.3) is 0 Å². The molecule has 0 aliphatic carbocycles. The van der Waals surface area contributed by atoms with Gasteiger partial charge in [-0.1, -0.05) is 23.8 Å². The lowest BCUT2D eigenvalue weighted by Crippen LogP contribution is -2.20. The second-order valence-electron chi connectivity index (χ2n) is 3.38. The van der Waals surface area contributed by atoms with Gasteiger partial charge in [0.2, 0.25) is 0 Å². The van der Waals surface area contributed by atoms with Crippen molar-refractivity contribution in [3.8, 4) is 0 Å². The Hall–Kier alpha value is -0.860. The Bertz CT molecular complexity index is 279. The first kappa shape index (κ1) is 10.2. The van der Waals surface area contributed by atoms with E-state index in [1.807, 2.05) is 7.05 Å². The summed E-state index contributed by atoms with van der Waals surface area (Å²) in [6.07, 6.45) is 0. The summed E-state index contributed by atoms with van der Waals surface area (Å²) in [5.41, 5.74) is 3.66. The molecule has 1 aromatic rings. The molecule has 0 aliphatic heterocycles. The highest BCUT2D eigenvalue weighted by molar-refractivity contribution is 5.32. The average Bonchev–Trinajstić information content (AvgIpc) is 2.10. The Labute approximate surface area is 79.6 Å². The molecule has 0 aliphatic rings. The van der Waals surface area contributed by atoms with Gasteiger partial charge in [0, 0.05) is 0 Å². The Kier molecular flexibility index (Phi) is 3.46. The number of aliphatic hydroxyl groups excluding tert-OH is 1. The van der Waals surface area contributed by atoms with Crippen LogP contribution in [0, 0.1) is 13.8 Å². The van der Waals surface area contributed by atoms with Gasteiger partial charge in [-0.15, -0.1) is 0 Å². The van der Waals surface area contributed by atoms with Crippen LogP contribution in [0.5, 0.6) is 0 Å². The summed E-state index contributed by atoms with van der Waals surface area (Å²) >= 11 is 0. The van der Waals surface area contributed by atoms with E-state index in [0.717, 1.165) is 0 Å². The molecule has 13 heavy (non-hydrogen) atoms. The number of aliphatic hydroxyl groups is 1. The van der Waals surface area contributed by atoms with Crippen LogP contribution in [0.3, 0.4) is 0 Å². The number of aryl methyl sites for hydroxylation is 2. The normalized spacial score (nSPS) is 12.9. The lowest BCUT2D eigenvalue weighted by atomic mass is 10.00. The van der Waals surface area contributed by atoms with Gasteiger partial charge < -0.3 is 10.4 Å². The maximum atomic E-state index is 9.11. The highest BCUT2D eigenvalue weighted by Crippen LogP contribution is 2.17. The largest absolute Gasteiger partial charge is 0.394 e. The van der Waals surface area contributed by atoms with Crippen molar-refractivity contribution in [3.05, 3.63) is 34.9 Å².